The van der Waals surface area contributed by atoms with Gasteiger partial charge in [-0.3, -0.25) is 0 Å². The fraction of sp³-hybridized carbons (Fsp3) is 0.150. The molecule has 6 nitrogen and oxygen atoms in total. The van der Waals surface area contributed by atoms with Gasteiger partial charge in [0.15, 0.2) is 5.82 Å². The van der Waals surface area contributed by atoms with Gasteiger partial charge in [0, 0.05) is 23.5 Å². The Labute approximate surface area is 160 Å². The highest BCUT2D eigenvalue weighted by molar-refractivity contribution is 7.07. The van der Waals surface area contributed by atoms with Crippen LogP contribution in [0.1, 0.15) is 22.5 Å². The minimum absolute atomic E-state index is 0.00222. The lowest BCUT2D eigenvalue weighted by molar-refractivity contribution is -0.130. The van der Waals surface area contributed by atoms with Crippen LogP contribution in [0.2, 0.25) is 0 Å². The van der Waals surface area contributed by atoms with E-state index in [4.69, 9.17) is 9.47 Å². The average molecular weight is 382 g/mol. The van der Waals surface area contributed by atoms with Crippen LogP contribution in [0.5, 0.6) is 10.9 Å². The first-order valence-corrected chi connectivity index (χ1v) is 8.96. The summed E-state index contributed by atoms with van der Waals surface area (Å²) >= 11 is 1.13. The van der Waals surface area contributed by atoms with Gasteiger partial charge in [-0.2, -0.15) is 9.36 Å². The first kappa shape index (κ1) is 18.6. The summed E-state index contributed by atoms with van der Waals surface area (Å²) in [4.78, 5) is 15.9. The molecule has 0 radical (unpaired) electrons. The van der Waals surface area contributed by atoms with Crippen molar-refractivity contribution in [2.24, 2.45) is 0 Å². The number of methoxy groups -OCH3 is 1. The van der Waals surface area contributed by atoms with Crippen LogP contribution < -0.4 is 4.74 Å². The number of aliphatic carboxylic acids is 1. The normalized spacial score (nSPS) is 11.3. The van der Waals surface area contributed by atoms with Gasteiger partial charge in [0.2, 0.25) is 0 Å². The van der Waals surface area contributed by atoms with Crippen LogP contribution >= 0.6 is 11.5 Å². The van der Waals surface area contributed by atoms with Crippen LogP contribution in [-0.2, 0) is 16.0 Å². The van der Waals surface area contributed by atoms with E-state index in [2.05, 4.69) is 15.4 Å². The molecule has 0 bridgehead atoms. The van der Waals surface area contributed by atoms with Crippen molar-refractivity contribution in [1.29, 1.82) is 0 Å². The van der Waals surface area contributed by atoms with E-state index in [1.165, 1.54) is 18.9 Å². The van der Waals surface area contributed by atoms with Crippen molar-refractivity contribution in [3.05, 3.63) is 77.3 Å². The molecule has 3 aromatic rings. The van der Waals surface area contributed by atoms with Crippen LogP contribution in [0.15, 0.2) is 54.8 Å². The van der Waals surface area contributed by atoms with Gasteiger partial charge in [-0.05, 0) is 18.6 Å². The molecule has 0 fully saturated rings. The number of carboxylic acids is 1. The molecule has 0 aliphatic heterocycles. The van der Waals surface area contributed by atoms with Gasteiger partial charge in [-0.25, -0.2) is 4.79 Å². The maximum atomic E-state index is 11.5. The third kappa shape index (κ3) is 4.71. The smallest absolute Gasteiger partial charge is 0.339 e. The first-order chi connectivity index (χ1) is 13.1. The molecule has 138 valence electrons. The topological polar surface area (TPSA) is 81.5 Å². The first-order valence-electron chi connectivity index (χ1n) is 8.18. The van der Waals surface area contributed by atoms with Crippen LogP contribution in [0.3, 0.4) is 0 Å². The fourth-order valence-corrected chi connectivity index (χ4v) is 3.14. The monoisotopic (exact) mass is 382 g/mol. The maximum Gasteiger partial charge on any atom is 0.339 e. The van der Waals surface area contributed by atoms with Crippen molar-refractivity contribution in [2.75, 3.05) is 7.11 Å². The minimum Gasteiger partial charge on any atom is -0.503 e. The Morgan fingerprint density at radius 1 is 1.22 bits per heavy atom. The Morgan fingerprint density at radius 3 is 2.78 bits per heavy atom. The molecule has 0 spiro atoms. The van der Waals surface area contributed by atoms with Crippen LogP contribution in [0, 0.1) is 6.92 Å². The summed E-state index contributed by atoms with van der Waals surface area (Å²) in [5, 5.41) is 9.76. The molecule has 0 saturated heterocycles. The van der Waals surface area contributed by atoms with Gasteiger partial charge in [0.05, 0.1) is 13.4 Å². The molecule has 0 amide bonds. The second-order valence-corrected chi connectivity index (χ2v) is 6.53. The summed E-state index contributed by atoms with van der Waals surface area (Å²) in [6.45, 7) is 2.04. The van der Waals surface area contributed by atoms with Crippen molar-refractivity contribution in [3.8, 4) is 10.9 Å². The van der Waals surface area contributed by atoms with Crippen molar-refractivity contribution < 1.29 is 19.4 Å². The average Bonchev–Trinajstić information content (AvgIpc) is 3.07. The van der Waals surface area contributed by atoms with Gasteiger partial charge in [0.25, 0.3) is 5.19 Å². The number of para-hydroxylation sites is 1. The molecule has 27 heavy (non-hydrogen) atoms. The number of aromatic nitrogens is 2. The molecule has 0 atom stereocenters. The van der Waals surface area contributed by atoms with E-state index >= 15 is 0 Å². The summed E-state index contributed by atoms with van der Waals surface area (Å²) in [6, 6.07) is 15.0. The number of carbonyl (C=O) groups is 1. The standard InChI is InChI=1S/C20H18N2O4S/c1-13-6-5-7-14(10-13)11-18-21-20(27-22-18)26-17-9-4-3-8-15(17)16(12-25-2)19(23)24/h3-10,12H,11H2,1-2H3,(H,23,24). The lowest BCUT2D eigenvalue weighted by Gasteiger charge is -2.09. The maximum absolute atomic E-state index is 11.5. The highest BCUT2D eigenvalue weighted by Gasteiger charge is 2.17. The fourth-order valence-electron chi connectivity index (χ4n) is 2.58. The zero-order chi connectivity index (χ0) is 19.2. The van der Waals surface area contributed by atoms with E-state index in [-0.39, 0.29) is 5.57 Å². The molecule has 2 aromatic carbocycles. The van der Waals surface area contributed by atoms with Crippen molar-refractivity contribution in [2.45, 2.75) is 13.3 Å². The number of hydrogen-bond acceptors (Lipinski definition) is 6. The van der Waals surface area contributed by atoms with E-state index in [1.807, 2.05) is 25.1 Å². The Bertz CT molecular complexity index is 981. The number of carboxylic acid groups (broad SMARTS) is 1. The summed E-state index contributed by atoms with van der Waals surface area (Å²) < 4.78 is 15.0. The van der Waals surface area contributed by atoms with Crippen molar-refractivity contribution in [3.63, 3.8) is 0 Å². The van der Waals surface area contributed by atoms with Gasteiger partial charge in [0.1, 0.15) is 11.3 Å². The number of aryl methyl sites for hydroxylation is 1. The van der Waals surface area contributed by atoms with Gasteiger partial charge >= 0.3 is 5.97 Å². The van der Waals surface area contributed by atoms with E-state index in [0.29, 0.717) is 28.8 Å². The Hall–Kier alpha value is -3.19. The van der Waals surface area contributed by atoms with Gasteiger partial charge < -0.3 is 14.6 Å². The van der Waals surface area contributed by atoms with E-state index in [0.717, 1.165) is 17.1 Å². The van der Waals surface area contributed by atoms with E-state index in [1.54, 1.807) is 24.3 Å². The lowest BCUT2D eigenvalue weighted by Crippen LogP contribution is -2.02. The third-order valence-corrected chi connectivity index (χ3v) is 4.37. The highest BCUT2D eigenvalue weighted by atomic mass is 32.1. The second kappa shape index (κ2) is 8.46. The largest absolute Gasteiger partial charge is 0.503 e. The van der Waals surface area contributed by atoms with E-state index < -0.39 is 5.97 Å². The minimum atomic E-state index is -1.11. The third-order valence-electron chi connectivity index (χ3n) is 3.73. The number of ether oxygens (including phenoxy) is 2. The van der Waals surface area contributed by atoms with E-state index in [9.17, 15) is 9.90 Å². The molecular weight excluding hydrogens is 364 g/mol. The van der Waals surface area contributed by atoms with Crippen molar-refractivity contribution >= 4 is 23.1 Å². The lowest BCUT2D eigenvalue weighted by atomic mass is 10.1. The molecule has 1 N–H and O–H groups in total. The SMILES string of the molecule is COC=C(C(=O)O)c1ccccc1Oc1nc(Cc2cccc(C)c2)ns1. The van der Waals surface area contributed by atoms with Gasteiger partial charge in [-0.1, -0.05) is 48.0 Å². The molecule has 0 unspecified atom stereocenters. The molecule has 0 aliphatic carbocycles. The Morgan fingerprint density at radius 2 is 2.04 bits per heavy atom. The zero-order valence-electron chi connectivity index (χ0n) is 14.9. The van der Waals surface area contributed by atoms with Crippen LogP contribution in [0.4, 0.5) is 0 Å². The number of hydrogen-bond donors (Lipinski definition) is 1. The highest BCUT2D eigenvalue weighted by Crippen LogP contribution is 2.31. The second-order valence-electron chi connectivity index (χ2n) is 5.81. The predicted molar refractivity (Wildman–Crippen MR) is 103 cm³/mol. The molecule has 0 saturated carbocycles. The number of benzene rings is 2. The summed E-state index contributed by atoms with van der Waals surface area (Å²) in [6.07, 6.45) is 1.78. The predicted octanol–water partition coefficient (Wildman–Crippen LogP) is 4.30. The Balaban J connectivity index is 1.82. The van der Waals surface area contributed by atoms with Crippen molar-refractivity contribution in [1.82, 2.24) is 9.36 Å². The molecule has 7 heteroatoms. The Kier molecular flexibility index (Phi) is 5.83. The van der Waals surface area contributed by atoms with Crippen LogP contribution in [0.25, 0.3) is 5.57 Å². The quantitative estimate of drug-likeness (QED) is 0.485. The zero-order valence-corrected chi connectivity index (χ0v) is 15.7. The molecule has 1 heterocycles. The molecule has 1 aromatic heterocycles. The number of rotatable bonds is 7. The van der Waals surface area contributed by atoms with Gasteiger partial charge in [-0.15, -0.1) is 0 Å². The molecular formula is C20H18N2O4S. The summed E-state index contributed by atoms with van der Waals surface area (Å²) in [7, 11) is 1.40. The molecule has 0 aliphatic rings. The van der Waals surface area contributed by atoms with Crippen LogP contribution in [-0.4, -0.2) is 27.5 Å². The summed E-state index contributed by atoms with van der Waals surface area (Å²) in [5.41, 5.74) is 2.70. The number of nitrogens with zero attached hydrogens (tertiary/aromatic N) is 2. The molecule has 3 rings (SSSR count). The summed E-state index contributed by atoms with van der Waals surface area (Å²) in [5.74, 6) is -0.0734.